The smallest absolute Gasteiger partial charge is 0.321 e. The van der Waals surface area contributed by atoms with E-state index >= 15 is 0 Å². The number of amides is 4. The fourth-order valence-corrected chi connectivity index (χ4v) is 10.2. The van der Waals surface area contributed by atoms with Gasteiger partial charge >= 0.3 is 6.03 Å². The van der Waals surface area contributed by atoms with Crippen molar-refractivity contribution in [3.05, 3.63) is 77.3 Å². The number of nitrogens with one attached hydrogen (secondary N) is 2. The van der Waals surface area contributed by atoms with Gasteiger partial charge < -0.3 is 29.3 Å². The van der Waals surface area contributed by atoms with E-state index in [0.29, 0.717) is 67.2 Å². The summed E-state index contributed by atoms with van der Waals surface area (Å²) in [6.45, 7) is 6.61. The van der Waals surface area contributed by atoms with Crippen molar-refractivity contribution in [3.63, 3.8) is 0 Å². The Balaban J connectivity index is 1.14. The molecule has 2 aliphatic heterocycles. The molecule has 4 atom stereocenters. The monoisotopic (exact) mass is 856 g/mol. The van der Waals surface area contributed by atoms with Crippen LogP contribution >= 0.6 is 11.3 Å². The molecular weight excluding hydrogens is 805 g/mol. The van der Waals surface area contributed by atoms with Crippen LogP contribution < -0.4 is 24.2 Å². The van der Waals surface area contributed by atoms with Crippen LogP contribution in [-0.2, 0) is 26.2 Å². The van der Waals surface area contributed by atoms with Crippen LogP contribution in [0.25, 0.3) is 21.6 Å². The van der Waals surface area contributed by atoms with E-state index in [1.807, 2.05) is 66.1 Å². The summed E-state index contributed by atoms with van der Waals surface area (Å²) in [5.41, 5.74) is 1.63. The number of sulfonamides is 1. The van der Waals surface area contributed by atoms with Gasteiger partial charge in [0, 0.05) is 48.3 Å². The summed E-state index contributed by atoms with van der Waals surface area (Å²) in [5.74, 6) is 0.357. The summed E-state index contributed by atoms with van der Waals surface area (Å²) in [4.78, 5) is 56.6. The second-order valence-corrected chi connectivity index (χ2v) is 20.0. The number of carbonyl (C=O) groups excluding carboxylic acids is 3. The molecule has 318 valence electrons. The van der Waals surface area contributed by atoms with Crippen LogP contribution in [0.5, 0.6) is 17.2 Å². The highest BCUT2D eigenvalue weighted by Gasteiger charge is 2.63. The van der Waals surface area contributed by atoms with Gasteiger partial charge in [-0.2, -0.15) is 0 Å². The first-order chi connectivity index (χ1) is 28.7. The number of benzene rings is 2. The number of thiazole rings is 1. The van der Waals surface area contributed by atoms with E-state index in [4.69, 9.17) is 24.2 Å². The van der Waals surface area contributed by atoms with E-state index in [0.717, 1.165) is 28.1 Å². The summed E-state index contributed by atoms with van der Waals surface area (Å²) in [7, 11) is -0.783. The van der Waals surface area contributed by atoms with E-state index in [1.54, 1.807) is 30.9 Å². The molecule has 4 aromatic rings. The Bertz CT molecular complexity index is 2430. The molecule has 4 heterocycles. The first-order valence-electron chi connectivity index (χ1n) is 20.6. The highest BCUT2D eigenvalue weighted by Crippen LogP contribution is 2.48. The minimum atomic E-state index is -3.98. The molecule has 0 radical (unpaired) electrons. The molecule has 60 heavy (non-hydrogen) atoms. The number of hydrogen-bond donors (Lipinski definition) is 2. The van der Waals surface area contributed by atoms with Crippen molar-refractivity contribution in [1.82, 2.24) is 29.8 Å². The zero-order valence-electron chi connectivity index (χ0n) is 34.6. The third-order valence-electron chi connectivity index (χ3n) is 12.2. The molecule has 4 unspecified atom stereocenters. The SMILES string of the molecule is COc1ccc(CN2CCCCC=CC3CC3(C(=O)NS(=O)(=O)C3(C)CC3)NC(=O)C3CC(Oc4cc(-c5nc(C(C)C)cs5)nc5cc(OC)ccc45)CN3C2=O)cc1. The lowest BCUT2D eigenvalue weighted by atomic mass is 10.1. The third kappa shape index (κ3) is 8.27. The Morgan fingerprint density at radius 1 is 1.03 bits per heavy atom. The summed E-state index contributed by atoms with van der Waals surface area (Å²) in [6.07, 6.45) is 6.69. The standard InChI is InChI=1S/C44H52N6O8S2/c1-27(2)36-26-59-40(46-36)35-22-38(33-16-15-31(57-5)20-34(33)45-35)58-32-21-37-39(51)47-44(41(52)48-60(54,55)43(3)17-18-43)23-29(44)10-8-6-7-9-19-49(42(53)50(37)25-32)24-28-11-13-30(56-4)14-12-28/h8,10-16,20,22,26-27,29,32,37H,6-7,9,17-19,21,23-25H2,1-5H3,(H,47,51)(H,48,52). The van der Waals surface area contributed by atoms with E-state index in [-0.39, 0.29) is 31.3 Å². The molecule has 4 aliphatic rings. The average Bonchev–Trinajstić information content (AvgIpc) is 4.00. The molecule has 2 N–H and O–H groups in total. The van der Waals surface area contributed by atoms with Gasteiger partial charge in [-0.25, -0.2) is 23.2 Å². The molecule has 14 nitrogen and oxygen atoms in total. The van der Waals surface area contributed by atoms with Gasteiger partial charge in [-0.1, -0.05) is 38.1 Å². The van der Waals surface area contributed by atoms with Gasteiger partial charge in [0.2, 0.25) is 15.9 Å². The van der Waals surface area contributed by atoms with Crippen LogP contribution in [0.4, 0.5) is 4.79 Å². The van der Waals surface area contributed by atoms with Crippen molar-refractivity contribution in [3.8, 4) is 28.0 Å². The molecule has 1 saturated heterocycles. The summed E-state index contributed by atoms with van der Waals surface area (Å²) in [5, 5.41) is 6.45. The largest absolute Gasteiger partial charge is 0.497 e. The fourth-order valence-electron chi connectivity index (χ4n) is 7.97. The van der Waals surface area contributed by atoms with Crippen molar-refractivity contribution in [2.24, 2.45) is 5.92 Å². The van der Waals surface area contributed by atoms with Gasteiger partial charge in [-0.05, 0) is 81.2 Å². The minimum Gasteiger partial charge on any atom is -0.497 e. The number of ether oxygens (including phenoxy) is 3. The first-order valence-corrected chi connectivity index (χ1v) is 22.9. The molecule has 8 rings (SSSR count). The lowest BCUT2D eigenvalue weighted by Gasteiger charge is -2.32. The lowest BCUT2D eigenvalue weighted by molar-refractivity contribution is -0.131. The number of carbonyl (C=O) groups is 3. The molecule has 3 fully saturated rings. The molecule has 2 aromatic heterocycles. The van der Waals surface area contributed by atoms with E-state index in [2.05, 4.69) is 23.9 Å². The Morgan fingerprint density at radius 2 is 1.78 bits per heavy atom. The molecule has 2 saturated carbocycles. The van der Waals surface area contributed by atoms with Crippen LogP contribution in [0.2, 0.25) is 0 Å². The molecule has 2 aliphatic carbocycles. The molecule has 2 aromatic carbocycles. The van der Waals surface area contributed by atoms with Gasteiger partial charge in [0.25, 0.3) is 5.91 Å². The quantitative estimate of drug-likeness (QED) is 0.158. The van der Waals surface area contributed by atoms with Crippen LogP contribution in [0.3, 0.4) is 0 Å². The number of urea groups is 1. The predicted molar refractivity (Wildman–Crippen MR) is 228 cm³/mol. The summed E-state index contributed by atoms with van der Waals surface area (Å²) in [6, 6.07) is 13.6. The molecule has 16 heteroatoms. The summed E-state index contributed by atoms with van der Waals surface area (Å²) < 4.78 is 45.5. The number of allylic oxidation sites excluding steroid dienone is 1. The number of nitrogens with zero attached hydrogens (tertiary/aromatic N) is 4. The van der Waals surface area contributed by atoms with E-state index in [1.165, 1.54) is 11.3 Å². The first kappa shape index (κ1) is 41.5. The Kier molecular flexibility index (Phi) is 11.3. The zero-order chi connectivity index (χ0) is 42.4. The number of hydrogen-bond acceptors (Lipinski definition) is 11. The fraction of sp³-hybridized carbons (Fsp3) is 0.477. The van der Waals surface area contributed by atoms with Crippen molar-refractivity contribution in [1.29, 1.82) is 0 Å². The number of methoxy groups -OCH3 is 2. The maximum atomic E-state index is 14.8. The molecule has 0 bridgehead atoms. The van der Waals surface area contributed by atoms with E-state index < -0.39 is 50.2 Å². The Morgan fingerprint density at radius 3 is 2.48 bits per heavy atom. The van der Waals surface area contributed by atoms with Gasteiger partial charge in [0.1, 0.15) is 45.6 Å². The maximum absolute atomic E-state index is 14.8. The predicted octanol–water partition coefficient (Wildman–Crippen LogP) is 6.56. The van der Waals surface area contributed by atoms with Crippen LogP contribution in [0.1, 0.15) is 82.9 Å². The highest BCUT2D eigenvalue weighted by molar-refractivity contribution is 7.91. The van der Waals surface area contributed by atoms with Crippen LogP contribution in [-0.4, -0.2) is 95.8 Å². The van der Waals surface area contributed by atoms with Gasteiger partial charge in [0.15, 0.2) is 0 Å². The lowest BCUT2D eigenvalue weighted by Crippen LogP contribution is -2.58. The van der Waals surface area contributed by atoms with Crippen molar-refractivity contribution >= 4 is 50.1 Å². The molecule has 0 spiro atoms. The van der Waals surface area contributed by atoms with Crippen molar-refractivity contribution < 1.29 is 37.0 Å². The van der Waals surface area contributed by atoms with Crippen molar-refractivity contribution in [2.75, 3.05) is 27.3 Å². The van der Waals surface area contributed by atoms with Gasteiger partial charge in [-0.3, -0.25) is 14.3 Å². The normalized spacial score (nSPS) is 24.0. The Labute approximate surface area is 354 Å². The summed E-state index contributed by atoms with van der Waals surface area (Å²) >= 11 is 1.50. The van der Waals surface area contributed by atoms with Gasteiger partial charge in [-0.15, -0.1) is 11.3 Å². The minimum absolute atomic E-state index is 0.0787. The topological polar surface area (TPSA) is 169 Å². The van der Waals surface area contributed by atoms with Crippen molar-refractivity contribution in [2.45, 2.75) is 101 Å². The molecule has 4 amide bonds. The van der Waals surface area contributed by atoms with Crippen LogP contribution in [0, 0.1) is 5.92 Å². The highest BCUT2D eigenvalue weighted by atomic mass is 32.2. The second-order valence-electron chi connectivity index (χ2n) is 16.9. The number of aromatic nitrogens is 2. The number of fused-ring (bicyclic) bond motifs is 3. The molecular formula is C44H52N6O8S2. The zero-order valence-corrected chi connectivity index (χ0v) is 36.2. The number of rotatable bonds is 11. The van der Waals surface area contributed by atoms with E-state index in [9.17, 15) is 22.8 Å². The Hall–Kier alpha value is -5.22. The third-order valence-corrected chi connectivity index (χ3v) is 15.3. The second kappa shape index (κ2) is 16.3. The number of pyridine rings is 1. The average molecular weight is 857 g/mol. The van der Waals surface area contributed by atoms with Crippen LogP contribution in [0.15, 0.2) is 66.1 Å². The maximum Gasteiger partial charge on any atom is 0.321 e. The van der Waals surface area contributed by atoms with Gasteiger partial charge in [0.05, 0.1) is 36.7 Å².